The number of nitrogens with one attached hydrogen (secondary N) is 1. The van der Waals surface area contributed by atoms with E-state index in [1.165, 1.54) is 6.07 Å². The molecule has 0 atom stereocenters. The monoisotopic (exact) mass is 308 g/mol. The predicted molar refractivity (Wildman–Crippen MR) is 77.0 cm³/mol. The summed E-state index contributed by atoms with van der Waals surface area (Å²) in [5.74, 6) is -0.217. The highest BCUT2D eigenvalue weighted by Crippen LogP contribution is 2.20. The van der Waals surface area contributed by atoms with Crippen molar-refractivity contribution in [3.63, 3.8) is 0 Å². The lowest BCUT2D eigenvalue weighted by Gasteiger charge is -2.09. The lowest BCUT2D eigenvalue weighted by Crippen LogP contribution is -2.02. The summed E-state index contributed by atoms with van der Waals surface area (Å²) >= 11 is 3.33. The fourth-order valence-corrected chi connectivity index (χ4v) is 2.04. The second-order valence-corrected chi connectivity index (χ2v) is 5.08. The Morgan fingerprint density at radius 1 is 1.22 bits per heavy atom. The molecule has 0 heterocycles. The first kappa shape index (κ1) is 12.9. The van der Waals surface area contributed by atoms with E-state index in [2.05, 4.69) is 21.2 Å². The maximum absolute atomic E-state index is 13.5. The van der Waals surface area contributed by atoms with Gasteiger partial charge in [0.15, 0.2) is 0 Å². The Labute approximate surface area is 114 Å². The summed E-state index contributed by atoms with van der Waals surface area (Å²) in [4.78, 5) is 0. The first-order valence-electron chi connectivity index (χ1n) is 5.60. The summed E-state index contributed by atoms with van der Waals surface area (Å²) in [6, 6.07) is 10.6. The fraction of sp³-hybridized carbons (Fsp3) is 0.143. The van der Waals surface area contributed by atoms with Crippen molar-refractivity contribution in [1.82, 2.24) is 0 Å². The van der Waals surface area contributed by atoms with Gasteiger partial charge in [-0.3, -0.25) is 0 Å². The van der Waals surface area contributed by atoms with Gasteiger partial charge in [-0.25, -0.2) is 4.39 Å². The first-order chi connectivity index (χ1) is 8.56. The van der Waals surface area contributed by atoms with Crippen molar-refractivity contribution in [1.29, 1.82) is 0 Å². The topological polar surface area (TPSA) is 38.0 Å². The molecular weight excluding hydrogens is 295 g/mol. The van der Waals surface area contributed by atoms with Crippen molar-refractivity contribution in [2.75, 3.05) is 11.1 Å². The van der Waals surface area contributed by atoms with Gasteiger partial charge in [-0.05, 0) is 42.8 Å². The molecule has 2 rings (SSSR count). The molecular formula is C14H14BrFN2. The Hall–Kier alpha value is -1.55. The van der Waals surface area contributed by atoms with Gasteiger partial charge in [0, 0.05) is 28.0 Å². The molecule has 2 nitrogen and oxygen atoms in total. The van der Waals surface area contributed by atoms with Gasteiger partial charge in [-0.15, -0.1) is 0 Å². The van der Waals surface area contributed by atoms with Gasteiger partial charge in [0.05, 0.1) is 0 Å². The van der Waals surface area contributed by atoms with Crippen molar-refractivity contribution < 1.29 is 4.39 Å². The average Bonchev–Trinajstić information content (AvgIpc) is 2.34. The molecule has 0 aliphatic carbocycles. The zero-order chi connectivity index (χ0) is 13.1. The van der Waals surface area contributed by atoms with E-state index in [1.54, 1.807) is 12.1 Å². The Kier molecular flexibility index (Phi) is 3.87. The molecule has 3 N–H and O–H groups in total. The van der Waals surface area contributed by atoms with Crippen LogP contribution in [0.3, 0.4) is 0 Å². The van der Waals surface area contributed by atoms with Crippen LogP contribution < -0.4 is 11.1 Å². The van der Waals surface area contributed by atoms with Crippen molar-refractivity contribution in [3.8, 4) is 0 Å². The van der Waals surface area contributed by atoms with Crippen LogP contribution in [0.2, 0.25) is 0 Å². The quantitative estimate of drug-likeness (QED) is 0.838. The highest BCUT2D eigenvalue weighted by atomic mass is 79.9. The van der Waals surface area contributed by atoms with Crippen LogP contribution >= 0.6 is 15.9 Å². The molecule has 0 radical (unpaired) electrons. The number of anilines is 2. The molecule has 2 aromatic rings. The molecule has 0 amide bonds. The molecule has 94 valence electrons. The van der Waals surface area contributed by atoms with Crippen molar-refractivity contribution in [3.05, 3.63) is 57.8 Å². The van der Waals surface area contributed by atoms with Gasteiger partial charge in [-0.2, -0.15) is 0 Å². The number of nitrogen functional groups attached to an aromatic ring is 1. The minimum Gasteiger partial charge on any atom is -0.398 e. The Morgan fingerprint density at radius 2 is 2.00 bits per heavy atom. The van der Waals surface area contributed by atoms with Crippen LogP contribution in [0.5, 0.6) is 0 Å². The van der Waals surface area contributed by atoms with E-state index < -0.39 is 0 Å². The third-order valence-corrected chi connectivity index (χ3v) is 3.26. The molecule has 0 unspecified atom stereocenters. The fourth-order valence-electron chi connectivity index (χ4n) is 1.63. The summed E-state index contributed by atoms with van der Waals surface area (Å²) in [7, 11) is 0. The van der Waals surface area contributed by atoms with Crippen LogP contribution in [-0.4, -0.2) is 0 Å². The Balaban J connectivity index is 2.11. The third kappa shape index (κ3) is 3.01. The van der Waals surface area contributed by atoms with Crippen LogP contribution in [0.15, 0.2) is 40.9 Å². The largest absolute Gasteiger partial charge is 0.398 e. The molecule has 0 fully saturated rings. The standard InChI is InChI=1S/C14H14BrFN2/c1-9-2-4-12(7-14(9)17)18-8-10-6-11(15)3-5-13(10)16/h2-7,18H,8,17H2,1H3. The number of hydrogen-bond acceptors (Lipinski definition) is 2. The maximum Gasteiger partial charge on any atom is 0.128 e. The Morgan fingerprint density at radius 3 is 2.72 bits per heavy atom. The van der Waals surface area contributed by atoms with Gasteiger partial charge < -0.3 is 11.1 Å². The molecule has 0 aliphatic rings. The zero-order valence-corrected chi connectivity index (χ0v) is 11.6. The molecule has 0 saturated heterocycles. The number of rotatable bonds is 3. The second kappa shape index (κ2) is 5.40. The van der Waals surface area contributed by atoms with Gasteiger partial charge in [0.2, 0.25) is 0 Å². The lowest BCUT2D eigenvalue weighted by atomic mass is 10.1. The highest BCUT2D eigenvalue weighted by Gasteiger charge is 2.03. The minimum absolute atomic E-state index is 0.217. The predicted octanol–water partition coefficient (Wildman–Crippen LogP) is 4.09. The van der Waals surface area contributed by atoms with E-state index in [9.17, 15) is 4.39 Å². The SMILES string of the molecule is Cc1ccc(NCc2cc(Br)ccc2F)cc1N. The van der Waals surface area contributed by atoms with E-state index in [0.29, 0.717) is 12.1 Å². The van der Waals surface area contributed by atoms with Crippen LogP contribution in [0.4, 0.5) is 15.8 Å². The number of aryl methyl sites for hydroxylation is 1. The van der Waals surface area contributed by atoms with E-state index >= 15 is 0 Å². The lowest BCUT2D eigenvalue weighted by molar-refractivity contribution is 0.612. The normalized spacial score (nSPS) is 10.4. The average molecular weight is 309 g/mol. The number of hydrogen-bond donors (Lipinski definition) is 2. The van der Waals surface area contributed by atoms with Gasteiger partial charge in [-0.1, -0.05) is 22.0 Å². The molecule has 0 aliphatic heterocycles. The van der Waals surface area contributed by atoms with Gasteiger partial charge in [0.25, 0.3) is 0 Å². The van der Waals surface area contributed by atoms with E-state index in [1.807, 2.05) is 25.1 Å². The van der Waals surface area contributed by atoms with Gasteiger partial charge >= 0.3 is 0 Å². The number of halogens is 2. The van der Waals surface area contributed by atoms with Crippen LogP contribution in [0.1, 0.15) is 11.1 Å². The summed E-state index contributed by atoms with van der Waals surface area (Å²) in [5, 5.41) is 3.16. The highest BCUT2D eigenvalue weighted by molar-refractivity contribution is 9.10. The van der Waals surface area contributed by atoms with Crippen LogP contribution in [0.25, 0.3) is 0 Å². The summed E-state index contributed by atoms with van der Waals surface area (Å²) in [6.45, 7) is 2.38. The van der Waals surface area contributed by atoms with E-state index in [0.717, 1.165) is 21.4 Å². The van der Waals surface area contributed by atoms with Crippen LogP contribution in [0, 0.1) is 12.7 Å². The smallest absolute Gasteiger partial charge is 0.128 e. The van der Waals surface area contributed by atoms with Crippen molar-refractivity contribution >= 4 is 27.3 Å². The van der Waals surface area contributed by atoms with Crippen molar-refractivity contribution in [2.24, 2.45) is 0 Å². The summed E-state index contributed by atoms with van der Waals surface area (Å²) < 4.78 is 14.4. The molecule has 4 heteroatoms. The number of nitrogens with two attached hydrogens (primary N) is 1. The maximum atomic E-state index is 13.5. The minimum atomic E-state index is -0.217. The second-order valence-electron chi connectivity index (χ2n) is 4.16. The molecule has 0 spiro atoms. The van der Waals surface area contributed by atoms with Gasteiger partial charge in [0.1, 0.15) is 5.82 Å². The molecule has 0 bridgehead atoms. The Bertz CT molecular complexity index is 570. The molecule has 0 saturated carbocycles. The van der Waals surface area contributed by atoms with Crippen molar-refractivity contribution in [2.45, 2.75) is 13.5 Å². The summed E-state index contributed by atoms with van der Waals surface area (Å²) in [5.41, 5.74) is 9.09. The summed E-state index contributed by atoms with van der Waals surface area (Å²) in [6.07, 6.45) is 0. The third-order valence-electron chi connectivity index (χ3n) is 2.77. The zero-order valence-electron chi connectivity index (χ0n) is 10.0. The van der Waals surface area contributed by atoms with E-state index in [4.69, 9.17) is 5.73 Å². The first-order valence-corrected chi connectivity index (χ1v) is 6.39. The molecule has 2 aromatic carbocycles. The van der Waals surface area contributed by atoms with E-state index in [-0.39, 0.29) is 5.82 Å². The molecule has 18 heavy (non-hydrogen) atoms. The van der Waals surface area contributed by atoms with Crippen LogP contribution in [-0.2, 0) is 6.54 Å². The number of benzene rings is 2. The molecule has 0 aromatic heterocycles.